The Morgan fingerprint density at radius 3 is 2.78 bits per heavy atom. The SMILES string of the molecule is CCCN1C(=O)[C@](O)(CC(=O)c2ccc3c(c2)OCO3)c2cc(Cl)ccc21. The van der Waals surface area contributed by atoms with Gasteiger partial charge in [0.1, 0.15) is 0 Å². The number of hydrogen-bond donors (Lipinski definition) is 1. The molecule has 0 saturated carbocycles. The van der Waals surface area contributed by atoms with Crippen LogP contribution in [-0.4, -0.2) is 30.1 Å². The van der Waals surface area contributed by atoms with Crippen LogP contribution in [0.25, 0.3) is 0 Å². The molecule has 2 aliphatic heterocycles. The number of hydrogen-bond acceptors (Lipinski definition) is 5. The number of halogens is 1. The molecule has 6 nitrogen and oxygen atoms in total. The molecule has 140 valence electrons. The third kappa shape index (κ3) is 2.85. The van der Waals surface area contributed by atoms with Crippen molar-refractivity contribution in [3.63, 3.8) is 0 Å². The smallest absolute Gasteiger partial charge is 0.264 e. The van der Waals surface area contributed by atoms with Crippen molar-refractivity contribution in [2.45, 2.75) is 25.4 Å². The van der Waals surface area contributed by atoms with Gasteiger partial charge >= 0.3 is 0 Å². The number of rotatable bonds is 5. The van der Waals surface area contributed by atoms with Crippen LogP contribution in [0.15, 0.2) is 36.4 Å². The number of carbonyl (C=O) groups excluding carboxylic acids is 2. The van der Waals surface area contributed by atoms with E-state index in [-0.39, 0.29) is 19.0 Å². The van der Waals surface area contributed by atoms with Gasteiger partial charge in [0, 0.05) is 22.7 Å². The maximum atomic E-state index is 13.0. The lowest BCUT2D eigenvalue weighted by molar-refractivity contribution is -0.135. The Hall–Kier alpha value is -2.57. The maximum absolute atomic E-state index is 13.0. The van der Waals surface area contributed by atoms with E-state index in [0.29, 0.717) is 39.9 Å². The summed E-state index contributed by atoms with van der Waals surface area (Å²) < 4.78 is 10.5. The number of benzene rings is 2. The van der Waals surface area contributed by atoms with Gasteiger partial charge in [-0.25, -0.2) is 0 Å². The fourth-order valence-corrected chi connectivity index (χ4v) is 3.72. The number of ether oxygens (including phenoxy) is 2. The minimum absolute atomic E-state index is 0.104. The van der Waals surface area contributed by atoms with Crippen LogP contribution >= 0.6 is 11.6 Å². The van der Waals surface area contributed by atoms with Crippen LogP contribution in [0.1, 0.15) is 35.7 Å². The summed E-state index contributed by atoms with van der Waals surface area (Å²) in [7, 11) is 0. The van der Waals surface area contributed by atoms with Gasteiger partial charge in [-0.15, -0.1) is 0 Å². The average Bonchev–Trinajstić information content (AvgIpc) is 3.19. The molecule has 1 amide bonds. The Labute approximate surface area is 161 Å². The van der Waals surface area contributed by atoms with E-state index < -0.39 is 11.5 Å². The summed E-state index contributed by atoms with van der Waals surface area (Å²) in [6.07, 6.45) is 0.346. The van der Waals surface area contributed by atoms with Crippen molar-refractivity contribution in [2.24, 2.45) is 0 Å². The number of fused-ring (bicyclic) bond motifs is 2. The molecule has 2 heterocycles. The van der Waals surface area contributed by atoms with Gasteiger partial charge in [-0.3, -0.25) is 9.59 Å². The molecule has 0 fully saturated rings. The zero-order valence-corrected chi connectivity index (χ0v) is 15.5. The predicted molar refractivity (Wildman–Crippen MR) is 99.5 cm³/mol. The van der Waals surface area contributed by atoms with Crippen molar-refractivity contribution in [1.29, 1.82) is 0 Å². The largest absolute Gasteiger partial charge is 0.454 e. The molecule has 27 heavy (non-hydrogen) atoms. The highest BCUT2D eigenvalue weighted by molar-refractivity contribution is 6.31. The maximum Gasteiger partial charge on any atom is 0.264 e. The first kappa shape index (κ1) is 17.8. The number of amides is 1. The molecule has 4 rings (SSSR count). The molecule has 2 aromatic carbocycles. The molecule has 0 aliphatic carbocycles. The minimum Gasteiger partial charge on any atom is -0.454 e. The summed E-state index contributed by atoms with van der Waals surface area (Å²) in [5.41, 5.74) is -0.643. The predicted octanol–water partition coefficient (Wildman–Crippen LogP) is 3.29. The number of carbonyl (C=O) groups is 2. The Morgan fingerprint density at radius 1 is 1.22 bits per heavy atom. The summed E-state index contributed by atoms with van der Waals surface area (Å²) in [6.45, 7) is 2.50. The fourth-order valence-electron chi connectivity index (χ4n) is 3.54. The van der Waals surface area contributed by atoms with Crippen LogP contribution in [0.5, 0.6) is 11.5 Å². The van der Waals surface area contributed by atoms with E-state index in [1.54, 1.807) is 36.4 Å². The van der Waals surface area contributed by atoms with Gasteiger partial charge in [0.2, 0.25) is 6.79 Å². The molecule has 2 aromatic rings. The normalized spacial score (nSPS) is 20.1. The molecular formula is C20H18ClNO5. The number of nitrogens with zero attached hydrogens (tertiary/aromatic N) is 1. The van der Waals surface area contributed by atoms with Gasteiger partial charge in [0.15, 0.2) is 22.9 Å². The third-order valence-corrected chi connectivity index (χ3v) is 5.09. The Kier molecular flexibility index (Phi) is 4.32. The van der Waals surface area contributed by atoms with Crippen molar-refractivity contribution in [2.75, 3.05) is 18.2 Å². The van der Waals surface area contributed by atoms with Crippen LogP contribution in [0.2, 0.25) is 5.02 Å². The zero-order chi connectivity index (χ0) is 19.2. The highest BCUT2D eigenvalue weighted by Gasteiger charge is 2.50. The first-order chi connectivity index (χ1) is 12.9. The van der Waals surface area contributed by atoms with Crippen LogP contribution < -0.4 is 14.4 Å². The molecule has 0 aromatic heterocycles. The topological polar surface area (TPSA) is 76.1 Å². The van der Waals surface area contributed by atoms with Crippen LogP contribution in [0.4, 0.5) is 5.69 Å². The lowest BCUT2D eigenvalue weighted by Crippen LogP contribution is -2.42. The summed E-state index contributed by atoms with van der Waals surface area (Å²) in [4.78, 5) is 27.3. The van der Waals surface area contributed by atoms with E-state index in [1.807, 2.05) is 6.92 Å². The zero-order valence-electron chi connectivity index (χ0n) is 14.7. The van der Waals surface area contributed by atoms with Crippen molar-refractivity contribution in [3.05, 3.63) is 52.5 Å². The quantitative estimate of drug-likeness (QED) is 0.797. The van der Waals surface area contributed by atoms with Gasteiger partial charge < -0.3 is 19.5 Å². The molecule has 0 spiro atoms. The number of aliphatic hydroxyl groups is 1. The fraction of sp³-hybridized carbons (Fsp3) is 0.300. The summed E-state index contributed by atoms with van der Waals surface area (Å²) in [6, 6.07) is 9.73. The van der Waals surface area contributed by atoms with Crippen LogP contribution in [-0.2, 0) is 10.4 Å². The minimum atomic E-state index is -1.94. The van der Waals surface area contributed by atoms with Crippen molar-refractivity contribution < 1.29 is 24.2 Å². The molecule has 1 atom stereocenters. The van der Waals surface area contributed by atoms with Crippen molar-refractivity contribution in [3.8, 4) is 11.5 Å². The van der Waals surface area contributed by atoms with E-state index in [4.69, 9.17) is 21.1 Å². The molecule has 0 saturated heterocycles. The van der Waals surface area contributed by atoms with E-state index in [2.05, 4.69) is 0 Å². The monoisotopic (exact) mass is 387 g/mol. The van der Waals surface area contributed by atoms with Gasteiger partial charge in [-0.1, -0.05) is 18.5 Å². The lowest BCUT2D eigenvalue weighted by Gasteiger charge is -2.22. The molecule has 0 unspecified atom stereocenters. The third-order valence-electron chi connectivity index (χ3n) is 4.85. The molecule has 0 radical (unpaired) electrons. The van der Waals surface area contributed by atoms with Gasteiger partial charge in [0.25, 0.3) is 5.91 Å². The van der Waals surface area contributed by atoms with Crippen LogP contribution in [0.3, 0.4) is 0 Å². The number of Topliss-reactive ketones (excluding diaryl/α,β-unsaturated/α-hetero) is 1. The molecule has 7 heteroatoms. The van der Waals surface area contributed by atoms with E-state index >= 15 is 0 Å². The highest BCUT2D eigenvalue weighted by atomic mass is 35.5. The molecular weight excluding hydrogens is 370 g/mol. The van der Waals surface area contributed by atoms with Gasteiger partial charge in [-0.05, 0) is 42.8 Å². The van der Waals surface area contributed by atoms with Gasteiger partial charge in [-0.2, -0.15) is 0 Å². The Bertz CT molecular complexity index is 944. The summed E-state index contributed by atoms with van der Waals surface area (Å²) in [5.74, 6) is 0.166. The second-order valence-corrected chi connectivity index (χ2v) is 7.08. The summed E-state index contributed by atoms with van der Waals surface area (Å²) in [5, 5.41) is 11.6. The number of ketones is 1. The van der Waals surface area contributed by atoms with Crippen molar-refractivity contribution >= 4 is 29.0 Å². The average molecular weight is 388 g/mol. The van der Waals surface area contributed by atoms with E-state index in [0.717, 1.165) is 6.42 Å². The second-order valence-electron chi connectivity index (χ2n) is 6.65. The second kappa shape index (κ2) is 6.55. The first-order valence-electron chi connectivity index (χ1n) is 8.71. The Morgan fingerprint density at radius 2 is 2.00 bits per heavy atom. The molecule has 0 bridgehead atoms. The van der Waals surface area contributed by atoms with E-state index in [9.17, 15) is 14.7 Å². The van der Waals surface area contributed by atoms with E-state index in [1.165, 1.54) is 4.90 Å². The highest BCUT2D eigenvalue weighted by Crippen LogP contribution is 2.44. The van der Waals surface area contributed by atoms with Crippen LogP contribution in [0, 0.1) is 0 Å². The first-order valence-corrected chi connectivity index (χ1v) is 9.09. The Balaban J connectivity index is 1.69. The van der Waals surface area contributed by atoms with Crippen molar-refractivity contribution in [1.82, 2.24) is 0 Å². The standard InChI is InChI=1S/C20H18ClNO5/c1-2-7-22-15-5-4-13(21)9-14(15)20(25,19(22)24)10-16(23)12-3-6-17-18(8-12)27-11-26-17/h3-6,8-9,25H,2,7,10-11H2,1H3/t20-/m0/s1. The lowest BCUT2D eigenvalue weighted by atomic mass is 9.88. The molecule has 2 aliphatic rings. The molecule has 1 N–H and O–H groups in total. The number of anilines is 1. The summed E-state index contributed by atoms with van der Waals surface area (Å²) >= 11 is 6.08. The van der Waals surface area contributed by atoms with Gasteiger partial charge in [0.05, 0.1) is 12.1 Å².